The van der Waals surface area contributed by atoms with Gasteiger partial charge in [0.05, 0.1) is 13.2 Å². The predicted molar refractivity (Wildman–Crippen MR) is 101 cm³/mol. The van der Waals surface area contributed by atoms with Crippen LogP contribution in [0.15, 0.2) is 18.2 Å². The Labute approximate surface area is 153 Å². The van der Waals surface area contributed by atoms with Gasteiger partial charge in [-0.05, 0) is 32.0 Å². The predicted octanol–water partition coefficient (Wildman–Crippen LogP) is 1.05. The Morgan fingerprint density at radius 2 is 1.23 bits per heavy atom. The third kappa shape index (κ3) is 3.70. The summed E-state index contributed by atoms with van der Waals surface area (Å²) < 4.78 is 5.39. The van der Waals surface area contributed by atoms with E-state index < -0.39 is 0 Å². The third-order valence-electron chi connectivity index (χ3n) is 4.83. The lowest BCUT2D eigenvalue weighted by atomic mass is 10.3. The van der Waals surface area contributed by atoms with Gasteiger partial charge >= 0.3 is 0 Å². The first-order valence-corrected chi connectivity index (χ1v) is 9.18. The van der Waals surface area contributed by atoms with Crippen LogP contribution in [0.4, 0.5) is 17.6 Å². The number of morpholine rings is 1. The number of rotatable bonds is 3. The molecule has 138 valence electrons. The van der Waals surface area contributed by atoms with Crippen LogP contribution in [0, 0.1) is 13.8 Å². The summed E-state index contributed by atoms with van der Waals surface area (Å²) in [5.74, 6) is 2.69. The van der Waals surface area contributed by atoms with Crippen molar-refractivity contribution in [1.82, 2.24) is 20.2 Å². The first-order chi connectivity index (χ1) is 12.7. The first-order valence-electron chi connectivity index (χ1n) is 9.18. The number of aromatic nitrogens is 4. The molecule has 2 saturated heterocycles. The van der Waals surface area contributed by atoms with Gasteiger partial charge in [0.2, 0.25) is 5.95 Å². The monoisotopic (exact) mass is 355 g/mol. The summed E-state index contributed by atoms with van der Waals surface area (Å²) >= 11 is 0. The molecule has 0 unspecified atom stereocenters. The van der Waals surface area contributed by atoms with Crippen LogP contribution in [0.25, 0.3) is 0 Å². The smallest absolute Gasteiger partial charge is 0.225 e. The summed E-state index contributed by atoms with van der Waals surface area (Å²) in [5, 5.41) is 8.87. The van der Waals surface area contributed by atoms with E-state index in [2.05, 4.69) is 47.0 Å². The molecule has 0 amide bonds. The highest BCUT2D eigenvalue weighted by Crippen LogP contribution is 2.19. The summed E-state index contributed by atoms with van der Waals surface area (Å²) in [6.45, 7) is 10.8. The average molecular weight is 355 g/mol. The van der Waals surface area contributed by atoms with Gasteiger partial charge in [-0.3, -0.25) is 0 Å². The Morgan fingerprint density at radius 3 is 1.77 bits per heavy atom. The molecule has 0 spiro atoms. The average Bonchev–Trinajstić information content (AvgIpc) is 2.68. The molecule has 2 aromatic heterocycles. The Bertz CT molecular complexity index is 717. The van der Waals surface area contributed by atoms with Crippen LogP contribution in [0.3, 0.4) is 0 Å². The fraction of sp³-hybridized carbons (Fsp3) is 0.556. The number of hydrogen-bond acceptors (Lipinski definition) is 8. The van der Waals surface area contributed by atoms with Crippen LogP contribution in [0.2, 0.25) is 0 Å². The first kappa shape index (κ1) is 17.0. The second-order valence-electron chi connectivity index (χ2n) is 6.77. The van der Waals surface area contributed by atoms with E-state index in [9.17, 15) is 0 Å². The van der Waals surface area contributed by atoms with Crippen molar-refractivity contribution in [2.45, 2.75) is 13.8 Å². The number of hydrogen-bond donors (Lipinski definition) is 0. The normalized spacial score (nSPS) is 18.3. The number of anilines is 3. The third-order valence-corrected chi connectivity index (χ3v) is 4.83. The zero-order valence-electron chi connectivity index (χ0n) is 15.4. The molecule has 2 aliphatic heterocycles. The minimum Gasteiger partial charge on any atom is -0.378 e. The largest absolute Gasteiger partial charge is 0.378 e. The maximum atomic E-state index is 5.39. The van der Waals surface area contributed by atoms with Crippen molar-refractivity contribution in [3.63, 3.8) is 0 Å². The summed E-state index contributed by atoms with van der Waals surface area (Å²) in [7, 11) is 0. The summed E-state index contributed by atoms with van der Waals surface area (Å²) in [4.78, 5) is 15.9. The zero-order valence-corrected chi connectivity index (χ0v) is 15.4. The molecule has 8 nitrogen and oxygen atoms in total. The van der Waals surface area contributed by atoms with E-state index in [1.54, 1.807) is 0 Å². The van der Waals surface area contributed by atoms with E-state index in [1.165, 1.54) is 0 Å². The van der Waals surface area contributed by atoms with Gasteiger partial charge in [-0.25, -0.2) is 9.97 Å². The van der Waals surface area contributed by atoms with E-state index in [0.717, 1.165) is 81.5 Å². The maximum Gasteiger partial charge on any atom is 0.225 e. The maximum absolute atomic E-state index is 5.39. The summed E-state index contributed by atoms with van der Waals surface area (Å²) in [6, 6.07) is 6.14. The minimum absolute atomic E-state index is 0.756. The van der Waals surface area contributed by atoms with Crippen LogP contribution >= 0.6 is 0 Å². The number of nitrogens with zero attached hydrogens (tertiary/aromatic N) is 7. The van der Waals surface area contributed by atoms with Gasteiger partial charge in [0, 0.05) is 50.7 Å². The van der Waals surface area contributed by atoms with Gasteiger partial charge in [0.15, 0.2) is 11.6 Å². The molecular formula is C18H25N7O. The Kier molecular flexibility index (Phi) is 4.83. The fourth-order valence-corrected chi connectivity index (χ4v) is 3.43. The lowest BCUT2D eigenvalue weighted by molar-refractivity contribution is 0.122. The molecular weight excluding hydrogens is 330 g/mol. The number of ether oxygens (including phenoxy) is 1. The van der Waals surface area contributed by atoms with Crippen LogP contribution in [0.5, 0.6) is 0 Å². The van der Waals surface area contributed by atoms with Crippen molar-refractivity contribution in [2.24, 2.45) is 0 Å². The number of aryl methyl sites for hydroxylation is 2. The molecule has 0 N–H and O–H groups in total. The van der Waals surface area contributed by atoms with Crippen molar-refractivity contribution >= 4 is 17.6 Å². The summed E-state index contributed by atoms with van der Waals surface area (Å²) in [5.41, 5.74) is 2.03. The Hall–Kier alpha value is -2.48. The lowest BCUT2D eigenvalue weighted by Crippen LogP contribution is -2.47. The van der Waals surface area contributed by atoms with E-state index in [4.69, 9.17) is 4.74 Å². The highest BCUT2D eigenvalue weighted by atomic mass is 16.5. The standard InChI is InChI=1S/C18H25N7O/c1-14-13-15(2)20-18(19-14)25-7-5-23(6-8-25)16-3-4-17(22-21-16)24-9-11-26-12-10-24/h3-4,13H,5-12H2,1-2H3. The highest BCUT2D eigenvalue weighted by molar-refractivity contribution is 5.47. The van der Waals surface area contributed by atoms with Crippen molar-refractivity contribution in [3.8, 4) is 0 Å². The van der Waals surface area contributed by atoms with Crippen LogP contribution in [0.1, 0.15) is 11.4 Å². The molecule has 4 heterocycles. The van der Waals surface area contributed by atoms with Crippen molar-refractivity contribution < 1.29 is 4.74 Å². The van der Waals surface area contributed by atoms with Crippen LogP contribution in [-0.2, 0) is 4.74 Å². The van der Waals surface area contributed by atoms with Crippen molar-refractivity contribution in [1.29, 1.82) is 0 Å². The second kappa shape index (κ2) is 7.41. The lowest BCUT2D eigenvalue weighted by Gasteiger charge is -2.35. The zero-order chi connectivity index (χ0) is 17.9. The van der Waals surface area contributed by atoms with Gasteiger partial charge < -0.3 is 19.4 Å². The molecule has 0 saturated carbocycles. The Morgan fingerprint density at radius 1 is 0.731 bits per heavy atom. The van der Waals surface area contributed by atoms with Crippen molar-refractivity contribution in [3.05, 3.63) is 29.6 Å². The van der Waals surface area contributed by atoms with Crippen LogP contribution < -0.4 is 14.7 Å². The quantitative estimate of drug-likeness (QED) is 0.809. The molecule has 0 bridgehead atoms. The van der Waals surface area contributed by atoms with E-state index in [1.807, 2.05) is 19.9 Å². The highest BCUT2D eigenvalue weighted by Gasteiger charge is 2.21. The van der Waals surface area contributed by atoms with Gasteiger partial charge in [-0.15, -0.1) is 10.2 Å². The molecule has 2 aliphatic rings. The van der Waals surface area contributed by atoms with Crippen LogP contribution in [-0.4, -0.2) is 72.6 Å². The number of piperazine rings is 1. The fourth-order valence-electron chi connectivity index (χ4n) is 3.43. The van der Waals surface area contributed by atoms with E-state index >= 15 is 0 Å². The van der Waals surface area contributed by atoms with Crippen molar-refractivity contribution in [2.75, 3.05) is 67.2 Å². The molecule has 4 rings (SSSR count). The topological polar surface area (TPSA) is 70.5 Å². The molecule has 26 heavy (non-hydrogen) atoms. The van der Waals surface area contributed by atoms with Gasteiger partial charge in [0.1, 0.15) is 0 Å². The van der Waals surface area contributed by atoms with E-state index in [0.29, 0.717) is 0 Å². The van der Waals surface area contributed by atoms with Gasteiger partial charge in [-0.2, -0.15) is 0 Å². The molecule has 2 aromatic rings. The van der Waals surface area contributed by atoms with Gasteiger partial charge in [0.25, 0.3) is 0 Å². The van der Waals surface area contributed by atoms with Gasteiger partial charge in [-0.1, -0.05) is 0 Å². The molecule has 8 heteroatoms. The van der Waals surface area contributed by atoms with E-state index in [-0.39, 0.29) is 0 Å². The Balaban J connectivity index is 1.38. The minimum atomic E-state index is 0.756. The molecule has 0 aliphatic carbocycles. The summed E-state index contributed by atoms with van der Waals surface area (Å²) in [6.07, 6.45) is 0. The SMILES string of the molecule is Cc1cc(C)nc(N2CCN(c3ccc(N4CCOCC4)nn3)CC2)n1. The molecule has 0 aromatic carbocycles. The molecule has 0 atom stereocenters. The molecule has 0 radical (unpaired) electrons. The molecule has 2 fully saturated rings. The second-order valence-corrected chi connectivity index (χ2v) is 6.77.